The molecule has 26 heavy (non-hydrogen) atoms. The molecule has 0 spiro atoms. The molecule has 2 heterocycles. The van der Waals surface area contributed by atoms with Crippen molar-refractivity contribution in [2.45, 2.75) is 58.1 Å². The highest BCUT2D eigenvalue weighted by molar-refractivity contribution is 5.77. The van der Waals surface area contributed by atoms with Crippen LogP contribution in [0.15, 0.2) is 24.3 Å². The number of aliphatic hydroxyl groups excluding tert-OH is 1. The largest absolute Gasteiger partial charge is 0.391 e. The molecule has 2 aromatic rings. The van der Waals surface area contributed by atoms with E-state index in [1.807, 2.05) is 18.7 Å². The monoisotopic (exact) mass is 359 g/mol. The zero-order chi connectivity index (χ0) is 18.7. The minimum absolute atomic E-state index is 0.0517. The van der Waals surface area contributed by atoms with E-state index >= 15 is 0 Å². The molecule has 140 valence electrons. The summed E-state index contributed by atoms with van der Waals surface area (Å²) in [6.07, 6.45) is 2.52. The number of nitrogens with one attached hydrogen (secondary N) is 1. The molecule has 0 radical (unpaired) electrons. The molecule has 5 nitrogen and oxygen atoms in total. The van der Waals surface area contributed by atoms with E-state index in [4.69, 9.17) is 0 Å². The van der Waals surface area contributed by atoms with Crippen molar-refractivity contribution in [2.75, 3.05) is 6.54 Å². The van der Waals surface area contributed by atoms with Gasteiger partial charge in [0.05, 0.1) is 17.8 Å². The van der Waals surface area contributed by atoms with Gasteiger partial charge in [0.1, 0.15) is 5.82 Å². The van der Waals surface area contributed by atoms with Crippen molar-refractivity contribution >= 4 is 5.91 Å². The molecule has 1 fully saturated rings. The van der Waals surface area contributed by atoms with Crippen molar-refractivity contribution < 1.29 is 14.3 Å². The van der Waals surface area contributed by atoms with E-state index in [0.29, 0.717) is 32.2 Å². The summed E-state index contributed by atoms with van der Waals surface area (Å²) < 4.78 is 13.1. The molecule has 0 unspecified atom stereocenters. The summed E-state index contributed by atoms with van der Waals surface area (Å²) >= 11 is 0. The van der Waals surface area contributed by atoms with Crippen molar-refractivity contribution in [1.29, 1.82) is 0 Å². The fourth-order valence-electron chi connectivity index (χ4n) is 3.77. The first kappa shape index (κ1) is 18.6. The maximum atomic E-state index is 13.1. The third kappa shape index (κ3) is 4.12. The Labute approximate surface area is 153 Å². The smallest absolute Gasteiger partial charge is 0.223 e. The van der Waals surface area contributed by atoms with E-state index in [1.165, 1.54) is 12.1 Å². The van der Waals surface area contributed by atoms with Gasteiger partial charge in [-0.25, -0.2) is 4.39 Å². The SMILES string of the molecule is Cc1n[nH]c(C)c1CCC(=O)N1CCC[C@H](O)[C@@H]1Cc1ccc(F)cc1. The second kappa shape index (κ2) is 7.99. The number of aliphatic hydroxyl groups is 1. The van der Waals surface area contributed by atoms with Crippen LogP contribution in [-0.4, -0.2) is 44.8 Å². The Balaban J connectivity index is 1.68. The van der Waals surface area contributed by atoms with E-state index in [1.54, 1.807) is 12.1 Å². The molecule has 1 aromatic carbocycles. The van der Waals surface area contributed by atoms with Gasteiger partial charge in [-0.1, -0.05) is 12.1 Å². The highest BCUT2D eigenvalue weighted by Gasteiger charge is 2.33. The van der Waals surface area contributed by atoms with Gasteiger partial charge in [0.25, 0.3) is 0 Å². The summed E-state index contributed by atoms with van der Waals surface area (Å²) in [4.78, 5) is 14.6. The van der Waals surface area contributed by atoms with Crippen molar-refractivity contribution in [2.24, 2.45) is 0 Å². The number of hydrogen-bond acceptors (Lipinski definition) is 3. The van der Waals surface area contributed by atoms with Crippen LogP contribution in [0.25, 0.3) is 0 Å². The number of carbonyl (C=O) groups is 1. The number of hydrogen-bond donors (Lipinski definition) is 2. The molecule has 1 saturated heterocycles. The number of rotatable bonds is 5. The number of nitrogens with zero attached hydrogens (tertiary/aromatic N) is 2. The van der Waals surface area contributed by atoms with Crippen LogP contribution < -0.4 is 0 Å². The first-order valence-electron chi connectivity index (χ1n) is 9.18. The van der Waals surface area contributed by atoms with Crippen LogP contribution in [0.5, 0.6) is 0 Å². The first-order chi connectivity index (χ1) is 12.5. The van der Waals surface area contributed by atoms with E-state index < -0.39 is 6.10 Å². The highest BCUT2D eigenvalue weighted by Crippen LogP contribution is 2.23. The van der Waals surface area contributed by atoms with Crippen LogP contribution in [0.2, 0.25) is 0 Å². The molecule has 1 aliphatic heterocycles. The number of amides is 1. The number of H-pyrrole nitrogens is 1. The normalized spacial score (nSPS) is 20.4. The summed E-state index contributed by atoms with van der Waals surface area (Å²) in [5, 5.41) is 17.6. The van der Waals surface area contributed by atoms with Crippen LogP contribution in [0, 0.1) is 19.7 Å². The van der Waals surface area contributed by atoms with E-state index in [0.717, 1.165) is 28.9 Å². The lowest BCUT2D eigenvalue weighted by molar-refractivity contribution is -0.138. The summed E-state index contributed by atoms with van der Waals surface area (Å²) in [5.74, 6) is -0.229. The van der Waals surface area contributed by atoms with Gasteiger partial charge in [0.2, 0.25) is 5.91 Å². The first-order valence-corrected chi connectivity index (χ1v) is 9.18. The number of aromatic amines is 1. The Bertz CT molecular complexity index is 737. The Hall–Kier alpha value is -2.21. The molecule has 1 aliphatic rings. The number of benzene rings is 1. The lowest BCUT2D eigenvalue weighted by Crippen LogP contribution is -2.52. The number of halogens is 1. The molecule has 1 amide bonds. The predicted molar refractivity (Wildman–Crippen MR) is 97.2 cm³/mol. The molecule has 0 saturated carbocycles. The van der Waals surface area contributed by atoms with E-state index in [9.17, 15) is 14.3 Å². The molecule has 2 N–H and O–H groups in total. The van der Waals surface area contributed by atoms with Gasteiger partial charge in [0, 0.05) is 18.7 Å². The summed E-state index contributed by atoms with van der Waals surface area (Å²) in [7, 11) is 0. The fourth-order valence-corrected chi connectivity index (χ4v) is 3.77. The topological polar surface area (TPSA) is 69.2 Å². The quantitative estimate of drug-likeness (QED) is 0.862. The maximum absolute atomic E-state index is 13.1. The second-order valence-corrected chi connectivity index (χ2v) is 7.11. The van der Waals surface area contributed by atoms with Crippen molar-refractivity contribution in [3.8, 4) is 0 Å². The van der Waals surface area contributed by atoms with Crippen molar-refractivity contribution in [1.82, 2.24) is 15.1 Å². The van der Waals surface area contributed by atoms with Crippen LogP contribution >= 0.6 is 0 Å². The minimum atomic E-state index is -0.546. The average Bonchev–Trinajstić information content (AvgIpc) is 2.94. The molecule has 2 atom stereocenters. The zero-order valence-electron chi connectivity index (χ0n) is 15.3. The third-order valence-electron chi connectivity index (χ3n) is 5.29. The predicted octanol–water partition coefficient (Wildman–Crippen LogP) is 2.69. The van der Waals surface area contributed by atoms with Crippen LogP contribution in [0.3, 0.4) is 0 Å². The Morgan fingerprint density at radius 1 is 1.35 bits per heavy atom. The van der Waals surface area contributed by atoms with Gasteiger partial charge in [-0.15, -0.1) is 0 Å². The van der Waals surface area contributed by atoms with Crippen molar-refractivity contribution in [3.05, 3.63) is 52.6 Å². The molecule has 6 heteroatoms. The van der Waals surface area contributed by atoms with Crippen LogP contribution in [-0.2, 0) is 17.6 Å². The average molecular weight is 359 g/mol. The Kier molecular flexibility index (Phi) is 5.71. The number of aromatic nitrogens is 2. The summed E-state index contributed by atoms with van der Waals surface area (Å²) in [5.41, 5.74) is 3.94. The van der Waals surface area contributed by atoms with Gasteiger partial charge in [-0.05, 0) is 62.8 Å². The standard InChI is InChI=1S/C20H26FN3O2/c1-13-17(14(2)23-22-13)9-10-20(26)24-11-3-4-19(25)18(24)12-15-5-7-16(21)8-6-15/h5-8,18-19,25H,3-4,9-12H2,1-2H3,(H,22,23)/t18-,19-/m0/s1. The van der Waals surface area contributed by atoms with Crippen LogP contribution in [0.4, 0.5) is 4.39 Å². The number of likely N-dealkylation sites (tertiary alicyclic amines) is 1. The fraction of sp³-hybridized carbons (Fsp3) is 0.500. The summed E-state index contributed by atoms with van der Waals surface area (Å²) in [6, 6.07) is 6.02. The van der Waals surface area contributed by atoms with Gasteiger partial charge in [-0.2, -0.15) is 5.10 Å². The number of carbonyl (C=O) groups excluding carboxylic acids is 1. The Morgan fingerprint density at radius 3 is 2.73 bits per heavy atom. The summed E-state index contributed by atoms with van der Waals surface area (Å²) in [6.45, 7) is 4.55. The molecule has 1 aromatic heterocycles. The molecular weight excluding hydrogens is 333 g/mol. The minimum Gasteiger partial charge on any atom is -0.391 e. The zero-order valence-corrected chi connectivity index (χ0v) is 15.3. The van der Waals surface area contributed by atoms with E-state index in [2.05, 4.69) is 10.2 Å². The number of aryl methyl sites for hydroxylation is 2. The van der Waals surface area contributed by atoms with Gasteiger partial charge < -0.3 is 10.0 Å². The second-order valence-electron chi connectivity index (χ2n) is 7.11. The van der Waals surface area contributed by atoms with E-state index in [-0.39, 0.29) is 17.8 Å². The lowest BCUT2D eigenvalue weighted by atomic mass is 9.92. The molecule has 3 rings (SSSR count). The van der Waals surface area contributed by atoms with Gasteiger partial charge in [-0.3, -0.25) is 9.89 Å². The lowest BCUT2D eigenvalue weighted by Gasteiger charge is -2.39. The van der Waals surface area contributed by atoms with Crippen LogP contribution in [0.1, 0.15) is 41.8 Å². The van der Waals surface area contributed by atoms with Gasteiger partial charge >= 0.3 is 0 Å². The third-order valence-corrected chi connectivity index (χ3v) is 5.29. The van der Waals surface area contributed by atoms with Gasteiger partial charge in [0.15, 0.2) is 0 Å². The molecule has 0 aliphatic carbocycles. The van der Waals surface area contributed by atoms with Crippen molar-refractivity contribution in [3.63, 3.8) is 0 Å². The highest BCUT2D eigenvalue weighted by atomic mass is 19.1. The maximum Gasteiger partial charge on any atom is 0.223 e. The Morgan fingerprint density at radius 2 is 2.08 bits per heavy atom. The molecular formula is C20H26FN3O2. The number of piperidine rings is 1. The molecule has 0 bridgehead atoms.